The molecule has 0 unspecified atom stereocenters. The van der Waals surface area contributed by atoms with E-state index in [1.165, 1.54) is 16.7 Å². The molecule has 1 aliphatic carbocycles. The number of likely N-dealkylation sites (N-methyl/N-ethyl adjacent to an activating group) is 1. The molecule has 1 saturated carbocycles. The van der Waals surface area contributed by atoms with Crippen LogP contribution in [-0.2, 0) is 27.9 Å². The summed E-state index contributed by atoms with van der Waals surface area (Å²) in [6.07, 6.45) is 5.34. The highest BCUT2D eigenvalue weighted by molar-refractivity contribution is 5.91. The van der Waals surface area contributed by atoms with E-state index in [0.29, 0.717) is 11.8 Å². The van der Waals surface area contributed by atoms with Crippen molar-refractivity contribution in [3.05, 3.63) is 71.3 Å². The lowest BCUT2D eigenvalue weighted by Crippen LogP contribution is -2.44. The van der Waals surface area contributed by atoms with Crippen LogP contribution in [0, 0.1) is 5.92 Å². The van der Waals surface area contributed by atoms with Crippen LogP contribution in [0.25, 0.3) is 0 Å². The average Bonchev–Trinajstić information content (AvgIpc) is 3.62. The van der Waals surface area contributed by atoms with Gasteiger partial charge in [-0.2, -0.15) is 0 Å². The molecular formula is C27H36N2O2. The monoisotopic (exact) mass is 420 g/mol. The smallest absolute Gasteiger partial charge is 0.233 e. The molecule has 166 valence electrons. The maximum absolute atomic E-state index is 13.3. The first-order chi connectivity index (χ1) is 15.1. The Balaban J connectivity index is 1.25. The van der Waals surface area contributed by atoms with E-state index in [2.05, 4.69) is 65.4 Å². The van der Waals surface area contributed by atoms with Crippen molar-refractivity contribution in [3.63, 3.8) is 0 Å². The molecular weight excluding hydrogens is 384 g/mol. The highest BCUT2D eigenvalue weighted by Gasteiger charge is 2.53. The number of amides is 1. The molecule has 0 radical (unpaired) electrons. The SMILES string of the molecule is COCCN(C)Cc1ccc(CC2CCN(C(=O)C3(c4ccccc4)CC3)CC2)cc1. The Morgan fingerprint density at radius 2 is 1.68 bits per heavy atom. The third kappa shape index (κ3) is 5.36. The first kappa shape index (κ1) is 22.0. The number of benzene rings is 2. The lowest BCUT2D eigenvalue weighted by atomic mass is 9.88. The van der Waals surface area contributed by atoms with Crippen molar-refractivity contribution in [2.24, 2.45) is 5.92 Å². The lowest BCUT2D eigenvalue weighted by molar-refractivity contribution is -0.135. The predicted octanol–water partition coefficient (Wildman–Crippen LogP) is 4.28. The molecule has 2 aliphatic rings. The highest BCUT2D eigenvalue weighted by Crippen LogP contribution is 2.49. The van der Waals surface area contributed by atoms with Crippen LogP contribution < -0.4 is 0 Å². The number of hydrogen-bond acceptors (Lipinski definition) is 3. The van der Waals surface area contributed by atoms with Crippen LogP contribution in [0.15, 0.2) is 54.6 Å². The first-order valence-corrected chi connectivity index (χ1v) is 11.7. The van der Waals surface area contributed by atoms with Crippen molar-refractivity contribution in [3.8, 4) is 0 Å². The Bertz CT molecular complexity index is 837. The van der Waals surface area contributed by atoms with Crippen LogP contribution in [0.5, 0.6) is 0 Å². The number of carbonyl (C=O) groups excluding carboxylic acids is 1. The van der Waals surface area contributed by atoms with Gasteiger partial charge in [0, 0.05) is 33.3 Å². The molecule has 2 fully saturated rings. The summed E-state index contributed by atoms with van der Waals surface area (Å²) >= 11 is 0. The minimum atomic E-state index is -0.222. The van der Waals surface area contributed by atoms with Gasteiger partial charge >= 0.3 is 0 Å². The van der Waals surface area contributed by atoms with Gasteiger partial charge < -0.3 is 9.64 Å². The molecule has 1 aliphatic heterocycles. The first-order valence-electron chi connectivity index (χ1n) is 11.7. The molecule has 4 rings (SSSR count). The summed E-state index contributed by atoms with van der Waals surface area (Å²) in [6.45, 7) is 4.47. The number of methoxy groups -OCH3 is 1. The Labute approximate surface area is 187 Å². The van der Waals surface area contributed by atoms with Crippen molar-refractivity contribution in [2.45, 2.75) is 44.1 Å². The zero-order valence-electron chi connectivity index (χ0n) is 19.1. The maximum Gasteiger partial charge on any atom is 0.233 e. The zero-order chi connectivity index (χ0) is 21.7. The number of carbonyl (C=O) groups is 1. The van der Waals surface area contributed by atoms with E-state index in [4.69, 9.17) is 4.74 Å². The normalized spacial score (nSPS) is 18.4. The molecule has 1 heterocycles. The van der Waals surface area contributed by atoms with E-state index < -0.39 is 0 Å². The second-order valence-electron chi connectivity index (χ2n) is 9.43. The summed E-state index contributed by atoms with van der Waals surface area (Å²) in [5.74, 6) is 1.03. The predicted molar refractivity (Wildman–Crippen MR) is 125 cm³/mol. The molecule has 0 atom stereocenters. The van der Waals surface area contributed by atoms with Crippen LogP contribution in [0.2, 0.25) is 0 Å². The molecule has 4 heteroatoms. The lowest BCUT2D eigenvalue weighted by Gasteiger charge is -2.34. The fourth-order valence-corrected chi connectivity index (χ4v) is 4.90. The maximum atomic E-state index is 13.3. The number of likely N-dealkylation sites (tertiary alicyclic amines) is 1. The third-order valence-corrected chi connectivity index (χ3v) is 7.06. The van der Waals surface area contributed by atoms with Crippen LogP contribution in [0.1, 0.15) is 42.4 Å². The molecule has 2 aromatic carbocycles. The number of ether oxygens (including phenoxy) is 1. The van der Waals surface area contributed by atoms with Crippen LogP contribution in [-0.4, -0.2) is 56.1 Å². The summed E-state index contributed by atoms with van der Waals surface area (Å²) in [5, 5.41) is 0. The molecule has 1 saturated heterocycles. The van der Waals surface area contributed by atoms with Crippen molar-refractivity contribution < 1.29 is 9.53 Å². The van der Waals surface area contributed by atoms with E-state index >= 15 is 0 Å². The summed E-state index contributed by atoms with van der Waals surface area (Å²) in [7, 11) is 3.88. The molecule has 31 heavy (non-hydrogen) atoms. The molecule has 0 aromatic heterocycles. The van der Waals surface area contributed by atoms with E-state index in [1.807, 2.05) is 6.07 Å². The van der Waals surface area contributed by atoms with Gasteiger partial charge in [0.05, 0.1) is 12.0 Å². The van der Waals surface area contributed by atoms with Gasteiger partial charge in [0.1, 0.15) is 0 Å². The molecule has 0 bridgehead atoms. The second-order valence-corrected chi connectivity index (χ2v) is 9.43. The minimum Gasteiger partial charge on any atom is -0.383 e. The van der Waals surface area contributed by atoms with Gasteiger partial charge in [-0.3, -0.25) is 9.69 Å². The summed E-state index contributed by atoms with van der Waals surface area (Å²) in [5.41, 5.74) is 3.74. The van der Waals surface area contributed by atoms with E-state index in [9.17, 15) is 4.79 Å². The second kappa shape index (κ2) is 9.97. The molecule has 4 nitrogen and oxygen atoms in total. The van der Waals surface area contributed by atoms with Gasteiger partial charge in [-0.25, -0.2) is 0 Å². The van der Waals surface area contributed by atoms with Crippen molar-refractivity contribution in [1.29, 1.82) is 0 Å². The topological polar surface area (TPSA) is 32.8 Å². The van der Waals surface area contributed by atoms with Gasteiger partial charge in [-0.05, 0) is 61.8 Å². The van der Waals surface area contributed by atoms with Crippen molar-refractivity contribution in [2.75, 3.05) is 40.4 Å². The fourth-order valence-electron chi connectivity index (χ4n) is 4.90. The Morgan fingerprint density at radius 1 is 1.03 bits per heavy atom. The summed E-state index contributed by atoms with van der Waals surface area (Å²) in [4.78, 5) is 17.7. The summed E-state index contributed by atoms with van der Waals surface area (Å²) < 4.78 is 5.15. The van der Waals surface area contributed by atoms with Gasteiger partial charge in [0.15, 0.2) is 0 Å². The number of rotatable bonds is 9. The molecule has 0 spiro atoms. The van der Waals surface area contributed by atoms with Crippen LogP contribution in [0.4, 0.5) is 0 Å². The quantitative estimate of drug-likeness (QED) is 0.607. The summed E-state index contributed by atoms with van der Waals surface area (Å²) in [6, 6.07) is 19.5. The van der Waals surface area contributed by atoms with Crippen molar-refractivity contribution in [1.82, 2.24) is 9.80 Å². The highest BCUT2D eigenvalue weighted by atomic mass is 16.5. The average molecular weight is 421 g/mol. The fraction of sp³-hybridized carbons (Fsp3) is 0.519. The van der Waals surface area contributed by atoms with E-state index in [1.54, 1.807) is 7.11 Å². The zero-order valence-corrected chi connectivity index (χ0v) is 19.1. The van der Waals surface area contributed by atoms with Gasteiger partial charge in [-0.15, -0.1) is 0 Å². The largest absolute Gasteiger partial charge is 0.383 e. The standard InChI is InChI=1S/C27H36N2O2/c1-28(18-19-31-2)21-24-10-8-22(9-11-24)20-23-12-16-29(17-13-23)26(30)27(14-15-27)25-6-4-3-5-7-25/h3-11,23H,12-21H2,1-2H3. The van der Waals surface area contributed by atoms with Crippen LogP contribution in [0.3, 0.4) is 0 Å². The molecule has 1 amide bonds. The van der Waals surface area contributed by atoms with E-state index in [0.717, 1.165) is 64.9 Å². The van der Waals surface area contributed by atoms with Gasteiger partial charge in [-0.1, -0.05) is 54.6 Å². The van der Waals surface area contributed by atoms with Crippen LogP contribution >= 0.6 is 0 Å². The van der Waals surface area contributed by atoms with Gasteiger partial charge in [0.25, 0.3) is 0 Å². The number of nitrogens with zero attached hydrogens (tertiary/aromatic N) is 2. The minimum absolute atomic E-state index is 0.222. The van der Waals surface area contributed by atoms with Gasteiger partial charge in [0.2, 0.25) is 5.91 Å². The Hall–Kier alpha value is -2.17. The number of hydrogen-bond donors (Lipinski definition) is 0. The number of piperidine rings is 1. The van der Waals surface area contributed by atoms with E-state index in [-0.39, 0.29) is 5.41 Å². The third-order valence-electron chi connectivity index (χ3n) is 7.06. The Kier molecular flexibility index (Phi) is 7.09. The molecule has 0 N–H and O–H groups in total. The van der Waals surface area contributed by atoms with Crippen molar-refractivity contribution >= 4 is 5.91 Å². The molecule has 2 aromatic rings. The Morgan fingerprint density at radius 3 is 2.29 bits per heavy atom.